The molecule has 0 spiro atoms. The summed E-state index contributed by atoms with van der Waals surface area (Å²) in [5.41, 5.74) is 6.39. The van der Waals surface area contributed by atoms with Crippen LogP contribution in [0.25, 0.3) is 0 Å². The van der Waals surface area contributed by atoms with Gasteiger partial charge in [-0.15, -0.1) is 11.3 Å². The van der Waals surface area contributed by atoms with E-state index >= 15 is 0 Å². The van der Waals surface area contributed by atoms with Crippen LogP contribution in [0.5, 0.6) is 5.75 Å². The number of rotatable bonds is 6. The van der Waals surface area contributed by atoms with E-state index in [1.807, 2.05) is 6.92 Å². The molecule has 1 aromatic carbocycles. The topological polar surface area (TPSA) is 137 Å². The largest absolute Gasteiger partial charge is 0.484 e. The number of carbonyl (C=O) groups excluding carboxylic acids is 2. The van der Waals surface area contributed by atoms with Crippen LogP contribution in [-0.2, 0) is 4.79 Å². The first-order chi connectivity index (χ1) is 12.7. The molecule has 1 aromatic heterocycles. The molecule has 4 N–H and O–H groups in total. The molecule has 27 heavy (non-hydrogen) atoms. The first kappa shape index (κ1) is 20.3. The maximum Gasteiger partial charge on any atom is 0.269 e. The Kier molecular flexibility index (Phi) is 6.42. The monoisotopic (exact) mass is 408 g/mol. The summed E-state index contributed by atoms with van der Waals surface area (Å²) >= 11 is 6.37. The minimum Gasteiger partial charge on any atom is -0.484 e. The van der Waals surface area contributed by atoms with E-state index < -0.39 is 16.7 Å². The lowest BCUT2D eigenvalue weighted by atomic mass is 10.1. The average molecular weight is 408 g/mol. The molecule has 1 heterocycles. The molecule has 9 nitrogen and oxygen atoms in total. The zero-order valence-electron chi connectivity index (χ0n) is 14.4. The highest BCUT2D eigenvalue weighted by atomic mass is 32.1. The molecule has 11 heteroatoms. The third-order valence-electron chi connectivity index (χ3n) is 3.53. The number of aryl methyl sites for hydroxylation is 1. The lowest BCUT2D eigenvalue weighted by Crippen LogP contribution is -2.37. The molecule has 2 rings (SSSR count). The lowest BCUT2D eigenvalue weighted by Gasteiger charge is -2.10. The molecule has 0 saturated carbocycles. The van der Waals surface area contributed by atoms with Crippen LogP contribution in [0.2, 0.25) is 0 Å². The first-order valence-electron chi connectivity index (χ1n) is 7.57. The highest BCUT2D eigenvalue weighted by Crippen LogP contribution is 2.31. The van der Waals surface area contributed by atoms with E-state index in [0.717, 1.165) is 10.4 Å². The van der Waals surface area contributed by atoms with Gasteiger partial charge >= 0.3 is 0 Å². The molecule has 142 valence electrons. The Morgan fingerprint density at radius 3 is 2.48 bits per heavy atom. The number of hydrogen-bond acceptors (Lipinski definition) is 7. The van der Waals surface area contributed by atoms with Gasteiger partial charge in [0.1, 0.15) is 10.8 Å². The van der Waals surface area contributed by atoms with Crippen molar-refractivity contribution >= 4 is 51.2 Å². The summed E-state index contributed by atoms with van der Waals surface area (Å²) in [6.45, 7) is 3.28. The van der Waals surface area contributed by atoms with Crippen molar-refractivity contribution in [2.24, 2.45) is 5.73 Å². The number of ether oxygens (including phenoxy) is 1. The number of nitro benzene ring substituents is 1. The fraction of sp³-hybridized carbons (Fsp3) is 0.188. The number of anilines is 1. The normalized spacial score (nSPS) is 10.1. The molecular weight excluding hydrogens is 392 g/mol. The van der Waals surface area contributed by atoms with E-state index in [4.69, 9.17) is 22.7 Å². The van der Waals surface area contributed by atoms with E-state index in [1.54, 1.807) is 6.92 Å². The number of nitrogens with one attached hydrogen (secondary N) is 2. The summed E-state index contributed by atoms with van der Waals surface area (Å²) in [5.74, 6) is -0.818. The summed E-state index contributed by atoms with van der Waals surface area (Å²) in [5, 5.41) is 16.3. The van der Waals surface area contributed by atoms with Crippen LogP contribution in [0.1, 0.15) is 20.8 Å². The van der Waals surface area contributed by atoms with Gasteiger partial charge < -0.3 is 15.8 Å². The number of thiophene rings is 1. The number of nitro groups is 1. The van der Waals surface area contributed by atoms with E-state index in [2.05, 4.69) is 10.6 Å². The molecule has 0 aliphatic heterocycles. The van der Waals surface area contributed by atoms with Crippen LogP contribution in [0.4, 0.5) is 10.7 Å². The van der Waals surface area contributed by atoms with Crippen molar-refractivity contribution in [1.29, 1.82) is 0 Å². The molecule has 0 radical (unpaired) electrons. The number of hydrogen-bond donors (Lipinski definition) is 3. The van der Waals surface area contributed by atoms with Crippen molar-refractivity contribution in [3.05, 3.63) is 50.4 Å². The van der Waals surface area contributed by atoms with Gasteiger partial charge in [-0.25, -0.2) is 0 Å². The minimum absolute atomic E-state index is 0.00366. The molecule has 2 aromatic rings. The van der Waals surface area contributed by atoms with Gasteiger partial charge in [0.15, 0.2) is 11.7 Å². The number of carbonyl (C=O) groups is 2. The zero-order valence-corrected chi connectivity index (χ0v) is 16.0. The quantitative estimate of drug-likeness (QED) is 0.379. The molecule has 0 bridgehead atoms. The number of non-ortho nitro benzene ring substituents is 1. The number of amides is 2. The van der Waals surface area contributed by atoms with Gasteiger partial charge in [0.05, 0.1) is 10.5 Å². The van der Waals surface area contributed by atoms with Crippen LogP contribution in [-0.4, -0.2) is 28.5 Å². The van der Waals surface area contributed by atoms with Crippen molar-refractivity contribution in [2.45, 2.75) is 13.8 Å². The molecule has 0 atom stereocenters. The fourth-order valence-electron chi connectivity index (χ4n) is 2.12. The number of nitrogens with zero attached hydrogens (tertiary/aromatic N) is 1. The first-order valence-corrected chi connectivity index (χ1v) is 8.79. The van der Waals surface area contributed by atoms with Crippen LogP contribution in [0.3, 0.4) is 0 Å². The van der Waals surface area contributed by atoms with Gasteiger partial charge in [-0.2, -0.15) is 0 Å². The number of thiocarbonyl (C=S) groups is 1. The highest BCUT2D eigenvalue weighted by Gasteiger charge is 2.18. The van der Waals surface area contributed by atoms with E-state index in [1.165, 1.54) is 35.6 Å². The number of benzene rings is 1. The van der Waals surface area contributed by atoms with Crippen LogP contribution < -0.4 is 21.1 Å². The van der Waals surface area contributed by atoms with Gasteiger partial charge in [-0.1, -0.05) is 0 Å². The fourth-order valence-corrected chi connectivity index (χ4v) is 3.47. The smallest absolute Gasteiger partial charge is 0.269 e. The SMILES string of the molecule is Cc1sc(NC(=S)NC(=O)COc2ccc([N+](=O)[O-])cc2)c(C(N)=O)c1C. The molecule has 0 fully saturated rings. The van der Waals surface area contributed by atoms with Gasteiger partial charge in [0, 0.05) is 17.0 Å². The van der Waals surface area contributed by atoms with E-state index in [-0.39, 0.29) is 17.4 Å². The van der Waals surface area contributed by atoms with E-state index in [0.29, 0.717) is 16.3 Å². The Balaban J connectivity index is 1.91. The second-order valence-corrected chi connectivity index (χ2v) is 7.03. The van der Waals surface area contributed by atoms with Crippen molar-refractivity contribution in [2.75, 3.05) is 11.9 Å². The molecule has 0 unspecified atom stereocenters. The average Bonchev–Trinajstić information content (AvgIpc) is 2.87. The van der Waals surface area contributed by atoms with Gasteiger partial charge in [0.2, 0.25) is 0 Å². The molecule has 0 aliphatic carbocycles. The Hall–Kier alpha value is -3.05. The Morgan fingerprint density at radius 2 is 1.93 bits per heavy atom. The van der Waals surface area contributed by atoms with Gasteiger partial charge in [-0.3, -0.25) is 25.0 Å². The van der Waals surface area contributed by atoms with Crippen LogP contribution >= 0.6 is 23.6 Å². The Labute approximate surface area is 163 Å². The Morgan fingerprint density at radius 1 is 1.30 bits per heavy atom. The van der Waals surface area contributed by atoms with E-state index in [9.17, 15) is 19.7 Å². The highest BCUT2D eigenvalue weighted by molar-refractivity contribution is 7.80. The summed E-state index contributed by atoms with van der Waals surface area (Å²) in [6, 6.07) is 5.31. The van der Waals surface area contributed by atoms with Crippen LogP contribution in [0, 0.1) is 24.0 Å². The lowest BCUT2D eigenvalue weighted by molar-refractivity contribution is -0.384. The second kappa shape index (κ2) is 8.56. The second-order valence-electron chi connectivity index (χ2n) is 5.39. The summed E-state index contributed by atoms with van der Waals surface area (Å²) in [6.07, 6.45) is 0. The van der Waals surface area contributed by atoms with Gasteiger partial charge in [0.25, 0.3) is 17.5 Å². The summed E-state index contributed by atoms with van der Waals surface area (Å²) in [4.78, 5) is 34.5. The van der Waals surface area contributed by atoms with Crippen molar-refractivity contribution in [1.82, 2.24) is 5.32 Å². The Bertz CT molecular complexity index is 908. The van der Waals surface area contributed by atoms with Crippen molar-refractivity contribution < 1.29 is 19.2 Å². The third-order valence-corrected chi connectivity index (χ3v) is 4.86. The predicted molar refractivity (Wildman–Crippen MR) is 105 cm³/mol. The maximum absolute atomic E-state index is 11.9. The summed E-state index contributed by atoms with van der Waals surface area (Å²) in [7, 11) is 0. The molecular formula is C16H16N4O5S2. The molecule has 0 aliphatic rings. The third kappa shape index (κ3) is 5.21. The standard InChI is InChI=1S/C16H16N4O5S2/c1-8-9(2)27-15(13(8)14(17)22)19-16(26)18-12(21)7-25-11-5-3-10(4-6-11)20(23)24/h3-6H,7H2,1-2H3,(H2,17,22)(H2,18,19,21,26). The minimum atomic E-state index is -0.588. The van der Waals surface area contributed by atoms with Crippen LogP contribution in [0.15, 0.2) is 24.3 Å². The maximum atomic E-state index is 11.9. The molecule has 0 saturated heterocycles. The van der Waals surface area contributed by atoms with Gasteiger partial charge in [-0.05, 0) is 43.8 Å². The van der Waals surface area contributed by atoms with Crippen molar-refractivity contribution in [3.63, 3.8) is 0 Å². The molecule has 2 amide bonds. The number of primary amides is 1. The summed E-state index contributed by atoms with van der Waals surface area (Å²) < 4.78 is 5.25. The zero-order chi connectivity index (χ0) is 20.1. The predicted octanol–water partition coefficient (Wildman–Crippen LogP) is 2.26. The van der Waals surface area contributed by atoms with Crippen molar-refractivity contribution in [3.8, 4) is 5.75 Å². The number of nitrogens with two attached hydrogens (primary N) is 1.